The summed E-state index contributed by atoms with van der Waals surface area (Å²) in [7, 11) is 3.83. The number of halogens is 1. The molecule has 2 aromatic rings. The van der Waals surface area contributed by atoms with Gasteiger partial charge in [0.05, 0.1) is 12.9 Å². The highest BCUT2D eigenvalue weighted by Crippen LogP contribution is 2.14. The molecule has 1 aliphatic heterocycles. The molecule has 1 saturated heterocycles. The molecule has 1 atom stereocenters. The number of furan rings is 1. The summed E-state index contributed by atoms with van der Waals surface area (Å²) >= 11 is 0. The summed E-state index contributed by atoms with van der Waals surface area (Å²) in [6.07, 6.45) is 2.58. The smallest absolute Gasteiger partial charge is 0.291 e. The minimum Gasteiger partial charge on any atom is -0.459 e. The van der Waals surface area contributed by atoms with Gasteiger partial charge in [-0.15, -0.1) is 24.0 Å². The first-order valence-electron chi connectivity index (χ1n) is 9.09. The Morgan fingerprint density at radius 1 is 1.29 bits per heavy atom. The van der Waals surface area contributed by atoms with Gasteiger partial charge < -0.3 is 24.7 Å². The van der Waals surface area contributed by atoms with Crippen molar-refractivity contribution in [2.45, 2.75) is 13.0 Å². The Morgan fingerprint density at radius 3 is 2.68 bits per heavy atom. The molecule has 3 rings (SSSR count). The highest BCUT2D eigenvalue weighted by Gasteiger charge is 2.19. The molecule has 0 radical (unpaired) electrons. The largest absolute Gasteiger partial charge is 0.459 e. The van der Waals surface area contributed by atoms with Crippen molar-refractivity contribution in [3.05, 3.63) is 54.0 Å². The Hall–Kier alpha value is -2.07. The molecule has 0 bridgehead atoms. The Morgan fingerprint density at radius 2 is 2.07 bits per heavy atom. The predicted octanol–water partition coefficient (Wildman–Crippen LogP) is 3.19. The van der Waals surface area contributed by atoms with Crippen LogP contribution >= 0.6 is 24.0 Å². The summed E-state index contributed by atoms with van der Waals surface area (Å²) in [6.45, 7) is 3.27. The zero-order valence-corrected chi connectivity index (χ0v) is 18.5. The molecule has 1 unspecified atom stereocenters. The predicted molar refractivity (Wildman–Crippen MR) is 120 cm³/mol. The lowest BCUT2D eigenvalue weighted by Gasteiger charge is -2.24. The van der Waals surface area contributed by atoms with Crippen LogP contribution in [0.2, 0.25) is 0 Å². The monoisotopic (exact) mass is 498 g/mol. The standard InChI is InChI=1S/C20H26N4O3.HI/c1-21-20(24(2)13-16-9-11-26-14-16)22-12-15-5-7-17(8-6-15)23-19(25)18-4-3-10-27-18;/h3-8,10,16H,9,11-14H2,1-2H3,(H,21,22)(H,23,25);1H. The maximum atomic E-state index is 12.0. The second-order valence-electron chi connectivity index (χ2n) is 6.64. The van der Waals surface area contributed by atoms with Crippen LogP contribution in [0, 0.1) is 5.92 Å². The molecule has 1 aromatic carbocycles. The third kappa shape index (κ3) is 6.23. The van der Waals surface area contributed by atoms with Gasteiger partial charge in [0.2, 0.25) is 0 Å². The molecule has 1 aromatic heterocycles. The molecule has 1 fully saturated rings. The number of amides is 1. The maximum Gasteiger partial charge on any atom is 0.291 e. The van der Waals surface area contributed by atoms with Crippen LogP contribution in [-0.2, 0) is 11.3 Å². The fourth-order valence-electron chi connectivity index (χ4n) is 3.07. The van der Waals surface area contributed by atoms with E-state index in [9.17, 15) is 4.79 Å². The van der Waals surface area contributed by atoms with Gasteiger partial charge in [-0.05, 0) is 36.2 Å². The maximum absolute atomic E-state index is 12.0. The van der Waals surface area contributed by atoms with Gasteiger partial charge in [-0.2, -0.15) is 0 Å². The Labute approximate surface area is 182 Å². The summed E-state index contributed by atoms with van der Waals surface area (Å²) in [5.41, 5.74) is 1.83. The highest BCUT2D eigenvalue weighted by molar-refractivity contribution is 14.0. The van der Waals surface area contributed by atoms with E-state index in [-0.39, 0.29) is 29.9 Å². The molecule has 8 heteroatoms. The van der Waals surface area contributed by atoms with Gasteiger partial charge in [0.1, 0.15) is 0 Å². The molecule has 2 N–H and O–H groups in total. The van der Waals surface area contributed by atoms with E-state index in [1.807, 2.05) is 31.3 Å². The van der Waals surface area contributed by atoms with Gasteiger partial charge in [0, 0.05) is 45.4 Å². The van der Waals surface area contributed by atoms with Gasteiger partial charge in [-0.1, -0.05) is 12.1 Å². The number of guanidine groups is 1. The number of aliphatic imine (C=N–C) groups is 1. The molecule has 1 aliphatic rings. The van der Waals surface area contributed by atoms with E-state index in [2.05, 4.69) is 20.5 Å². The minimum absolute atomic E-state index is 0. The minimum atomic E-state index is -0.260. The second kappa shape index (κ2) is 11.1. The molecule has 2 heterocycles. The van der Waals surface area contributed by atoms with E-state index < -0.39 is 0 Å². The van der Waals surface area contributed by atoms with E-state index in [1.165, 1.54) is 6.26 Å². The average Bonchev–Trinajstić information content (AvgIpc) is 3.37. The van der Waals surface area contributed by atoms with Crippen LogP contribution in [0.1, 0.15) is 22.5 Å². The molecule has 152 valence electrons. The van der Waals surface area contributed by atoms with E-state index in [0.29, 0.717) is 18.2 Å². The van der Waals surface area contributed by atoms with Gasteiger partial charge in [-0.3, -0.25) is 9.79 Å². The van der Waals surface area contributed by atoms with Crippen molar-refractivity contribution in [1.29, 1.82) is 0 Å². The van der Waals surface area contributed by atoms with E-state index >= 15 is 0 Å². The first-order valence-corrected chi connectivity index (χ1v) is 9.09. The topological polar surface area (TPSA) is 79.1 Å². The lowest BCUT2D eigenvalue weighted by molar-refractivity contribution is 0.0996. The highest BCUT2D eigenvalue weighted by atomic mass is 127. The van der Waals surface area contributed by atoms with Crippen molar-refractivity contribution in [2.24, 2.45) is 10.9 Å². The van der Waals surface area contributed by atoms with Crippen molar-refractivity contribution < 1.29 is 13.9 Å². The van der Waals surface area contributed by atoms with E-state index in [4.69, 9.17) is 9.15 Å². The van der Waals surface area contributed by atoms with E-state index in [0.717, 1.165) is 43.4 Å². The Kier molecular flexibility index (Phi) is 8.78. The molecule has 28 heavy (non-hydrogen) atoms. The van der Waals surface area contributed by atoms with Crippen LogP contribution in [0.5, 0.6) is 0 Å². The third-order valence-corrected chi connectivity index (χ3v) is 4.54. The second-order valence-corrected chi connectivity index (χ2v) is 6.64. The van der Waals surface area contributed by atoms with Crippen LogP contribution < -0.4 is 10.6 Å². The van der Waals surface area contributed by atoms with Gasteiger partial charge in [0.25, 0.3) is 5.91 Å². The number of benzene rings is 1. The summed E-state index contributed by atoms with van der Waals surface area (Å²) in [5.74, 6) is 1.45. The number of hydrogen-bond acceptors (Lipinski definition) is 4. The zero-order valence-electron chi connectivity index (χ0n) is 16.2. The molecule has 0 aliphatic carbocycles. The van der Waals surface area contributed by atoms with Crippen LogP contribution in [0.25, 0.3) is 0 Å². The number of ether oxygens (including phenoxy) is 1. The van der Waals surface area contributed by atoms with Gasteiger partial charge in [0.15, 0.2) is 11.7 Å². The van der Waals surface area contributed by atoms with Crippen LogP contribution in [0.4, 0.5) is 5.69 Å². The van der Waals surface area contributed by atoms with E-state index in [1.54, 1.807) is 19.2 Å². The van der Waals surface area contributed by atoms with Crippen molar-refractivity contribution in [1.82, 2.24) is 10.2 Å². The van der Waals surface area contributed by atoms with Gasteiger partial charge >= 0.3 is 0 Å². The number of nitrogens with one attached hydrogen (secondary N) is 2. The Bertz CT molecular complexity index is 756. The van der Waals surface area contributed by atoms with Crippen LogP contribution in [-0.4, -0.2) is 50.6 Å². The number of carbonyl (C=O) groups is 1. The van der Waals surface area contributed by atoms with Crippen molar-refractivity contribution in [2.75, 3.05) is 39.2 Å². The molecule has 1 amide bonds. The average molecular weight is 498 g/mol. The molecular weight excluding hydrogens is 471 g/mol. The first kappa shape index (κ1) is 22.2. The molecule has 0 spiro atoms. The molecular formula is C20H27IN4O3. The number of nitrogens with zero attached hydrogens (tertiary/aromatic N) is 2. The third-order valence-electron chi connectivity index (χ3n) is 4.54. The van der Waals surface area contributed by atoms with Crippen molar-refractivity contribution in [3.8, 4) is 0 Å². The van der Waals surface area contributed by atoms with Crippen LogP contribution in [0.3, 0.4) is 0 Å². The first-order chi connectivity index (χ1) is 13.2. The number of hydrogen-bond donors (Lipinski definition) is 2. The normalized spacial score (nSPS) is 16.4. The SMILES string of the molecule is CN=C(NCc1ccc(NC(=O)c2ccco2)cc1)N(C)CC1CCOC1.I. The fourth-order valence-corrected chi connectivity index (χ4v) is 3.07. The summed E-state index contributed by atoms with van der Waals surface area (Å²) in [6, 6.07) is 11.0. The Balaban J connectivity index is 0.00000280. The number of rotatable bonds is 6. The number of carbonyl (C=O) groups excluding carboxylic acids is 1. The molecule has 7 nitrogen and oxygen atoms in total. The quantitative estimate of drug-likeness (QED) is 0.364. The summed E-state index contributed by atoms with van der Waals surface area (Å²) < 4.78 is 10.5. The molecule has 0 saturated carbocycles. The van der Waals surface area contributed by atoms with Crippen molar-refractivity contribution >= 4 is 41.5 Å². The van der Waals surface area contributed by atoms with Crippen LogP contribution in [0.15, 0.2) is 52.1 Å². The van der Waals surface area contributed by atoms with Crippen molar-refractivity contribution in [3.63, 3.8) is 0 Å². The number of anilines is 1. The van der Waals surface area contributed by atoms with Gasteiger partial charge in [-0.25, -0.2) is 0 Å². The summed E-state index contributed by atoms with van der Waals surface area (Å²) in [5, 5.41) is 6.18. The summed E-state index contributed by atoms with van der Waals surface area (Å²) in [4.78, 5) is 18.5. The zero-order chi connectivity index (χ0) is 19.1. The lowest BCUT2D eigenvalue weighted by Crippen LogP contribution is -2.41. The lowest BCUT2D eigenvalue weighted by atomic mass is 10.1. The fraction of sp³-hybridized carbons (Fsp3) is 0.400.